The predicted molar refractivity (Wildman–Crippen MR) is 141 cm³/mol. The van der Waals surface area contributed by atoms with Crippen LogP contribution in [0.2, 0.25) is 18.1 Å². The summed E-state index contributed by atoms with van der Waals surface area (Å²) in [5, 5.41) is 0.208. The number of esters is 1. The average Bonchev–Trinajstić information content (AvgIpc) is 2.70. The molecule has 190 valence electrons. The number of cyclic esters (lactones) is 1. The Kier molecular flexibility index (Phi) is 14.4. The van der Waals surface area contributed by atoms with E-state index in [1.54, 1.807) is 0 Å². The van der Waals surface area contributed by atoms with Crippen molar-refractivity contribution < 1.29 is 14.0 Å². The van der Waals surface area contributed by atoms with Gasteiger partial charge < -0.3 is 9.16 Å². The number of unbranched alkanes of at least 4 members (excludes halogenated alkanes) is 11. The van der Waals surface area contributed by atoms with Crippen LogP contribution in [0.3, 0.4) is 0 Å². The van der Waals surface area contributed by atoms with E-state index in [1.807, 2.05) is 0 Å². The van der Waals surface area contributed by atoms with Crippen LogP contribution in [-0.4, -0.2) is 26.5 Å². The zero-order chi connectivity index (χ0) is 24.0. The first-order valence-electron chi connectivity index (χ1n) is 14.0. The highest BCUT2D eigenvalue weighted by Crippen LogP contribution is 2.40. The Morgan fingerprint density at radius 2 is 1.34 bits per heavy atom. The molecular weight excluding hydrogens is 412 g/mol. The van der Waals surface area contributed by atoms with Gasteiger partial charge >= 0.3 is 5.97 Å². The number of hydrogen-bond donors (Lipinski definition) is 0. The standard InChI is InChI=1S/C28H56O3Si/c1-8-10-12-14-15-16-17-18-19-21-24(31-32(6,7)28(3,4)5)23-26-25(27(29)30-26)22-20-13-11-9-2/h24-26H,8-23H2,1-7H3/t24-,25-,26-/m1/s1. The zero-order valence-corrected chi connectivity index (χ0v) is 23.8. The van der Waals surface area contributed by atoms with E-state index in [9.17, 15) is 4.79 Å². The van der Waals surface area contributed by atoms with Gasteiger partial charge in [0.2, 0.25) is 0 Å². The molecule has 1 aliphatic rings. The first-order chi connectivity index (χ1) is 15.1. The highest BCUT2D eigenvalue weighted by molar-refractivity contribution is 6.74. The fourth-order valence-electron chi connectivity index (χ4n) is 4.47. The van der Waals surface area contributed by atoms with E-state index < -0.39 is 8.32 Å². The lowest BCUT2D eigenvalue weighted by Gasteiger charge is -2.42. The van der Waals surface area contributed by atoms with Crippen LogP contribution in [0.25, 0.3) is 0 Å². The van der Waals surface area contributed by atoms with Crippen LogP contribution in [0.4, 0.5) is 0 Å². The average molecular weight is 469 g/mol. The number of carbonyl (C=O) groups excluding carboxylic acids is 1. The van der Waals surface area contributed by atoms with Gasteiger partial charge in [-0.3, -0.25) is 4.79 Å². The molecule has 3 nitrogen and oxygen atoms in total. The second-order valence-electron chi connectivity index (χ2n) is 11.8. The van der Waals surface area contributed by atoms with Gasteiger partial charge in [0.25, 0.3) is 0 Å². The summed E-state index contributed by atoms with van der Waals surface area (Å²) in [5.74, 6) is 0.140. The molecule has 0 bridgehead atoms. The molecule has 0 aliphatic carbocycles. The minimum atomic E-state index is -1.83. The Bertz CT molecular complexity index is 497. The molecule has 0 saturated carbocycles. The maximum absolute atomic E-state index is 12.1. The van der Waals surface area contributed by atoms with Crippen molar-refractivity contribution in [2.75, 3.05) is 0 Å². The largest absolute Gasteiger partial charge is 0.461 e. The number of ether oxygens (including phenoxy) is 1. The summed E-state index contributed by atoms with van der Waals surface area (Å²) in [6.07, 6.45) is 20.4. The molecule has 1 saturated heterocycles. The zero-order valence-electron chi connectivity index (χ0n) is 22.8. The van der Waals surface area contributed by atoms with E-state index in [4.69, 9.17) is 9.16 Å². The van der Waals surface area contributed by atoms with Crippen molar-refractivity contribution in [3.63, 3.8) is 0 Å². The molecular formula is C28H56O3Si. The first kappa shape index (κ1) is 29.7. The fraction of sp³-hybridized carbons (Fsp3) is 0.964. The lowest BCUT2D eigenvalue weighted by molar-refractivity contribution is -0.188. The summed E-state index contributed by atoms with van der Waals surface area (Å²) in [5.41, 5.74) is 0. The van der Waals surface area contributed by atoms with Crippen molar-refractivity contribution in [3.8, 4) is 0 Å². The van der Waals surface area contributed by atoms with Gasteiger partial charge in [0, 0.05) is 12.5 Å². The summed E-state index contributed by atoms with van der Waals surface area (Å²) in [6.45, 7) is 16.2. The van der Waals surface area contributed by atoms with Crippen LogP contribution in [0.5, 0.6) is 0 Å². The quantitative estimate of drug-likeness (QED) is 0.108. The van der Waals surface area contributed by atoms with Crippen LogP contribution in [0.1, 0.15) is 137 Å². The van der Waals surface area contributed by atoms with E-state index in [2.05, 4.69) is 47.7 Å². The molecule has 0 aromatic rings. The van der Waals surface area contributed by atoms with Crippen molar-refractivity contribution in [1.29, 1.82) is 0 Å². The predicted octanol–water partition coefficient (Wildman–Crippen LogP) is 9.20. The third kappa shape index (κ3) is 11.2. The van der Waals surface area contributed by atoms with Gasteiger partial charge in [-0.05, 0) is 31.0 Å². The number of rotatable bonds is 19. The molecule has 0 N–H and O–H groups in total. The molecule has 0 amide bonds. The van der Waals surface area contributed by atoms with Gasteiger partial charge in [-0.15, -0.1) is 0 Å². The van der Waals surface area contributed by atoms with Crippen molar-refractivity contribution in [2.24, 2.45) is 5.92 Å². The van der Waals surface area contributed by atoms with E-state index in [0.29, 0.717) is 0 Å². The molecule has 0 radical (unpaired) electrons. The molecule has 0 spiro atoms. The van der Waals surface area contributed by atoms with Crippen molar-refractivity contribution >= 4 is 14.3 Å². The van der Waals surface area contributed by atoms with Gasteiger partial charge in [0.15, 0.2) is 8.32 Å². The van der Waals surface area contributed by atoms with Crippen LogP contribution >= 0.6 is 0 Å². The topological polar surface area (TPSA) is 35.5 Å². The smallest absolute Gasteiger partial charge is 0.313 e. The number of carbonyl (C=O) groups is 1. The van der Waals surface area contributed by atoms with Gasteiger partial charge in [-0.2, -0.15) is 0 Å². The summed E-state index contributed by atoms with van der Waals surface area (Å²) in [4.78, 5) is 12.1. The van der Waals surface area contributed by atoms with Gasteiger partial charge in [-0.1, -0.05) is 118 Å². The van der Waals surface area contributed by atoms with Crippen LogP contribution in [0.15, 0.2) is 0 Å². The van der Waals surface area contributed by atoms with E-state index in [1.165, 1.54) is 77.0 Å². The normalized spacial score (nSPS) is 20.2. The van der Waals surface area contributed by atoms with Crippen molar-refractivity contribution in [2.45, 2.75) is 168 Å². The lowest BCUT2D eigenvalue weighted by Crippen LogP contribution is -2.49. The molecule has 4 heteroatoms. The summed E-state index contributed by atoms with van der Waals surface area (Å²) >= 11 is 0. The van der Waals surface area contributed by atoms with E-state index in [0.717, 1.165) is 25.7 Å². The molecule has 1 aliphatic heterocycles. The molecule has 32 heavy (non-hydrogen) atoms. The summed E-state index contributed by atoms with van der Waals surface area (Å²) < 4.78 is 12.5. The summed E-state index contributed by atoms with van der Waals surface area (Å²) in [6, 6.07) is 0. The molecule has 1 rings (SSSR count). The number of hydrogen-bond acceptors (Lipinski definition) is 3. The first-order valence-corrected chi connectivity index (χ1v) is 16.9. The van der Waals surface area contributed by atoms with Crippen molar-refractivity contribution in [1.82, 2.24) is 0 Å². The highest BCUT2D eigenvalue weighted by atomic mass is 28.4. The summed E-state index contributed by atoms with van der Waals surface area (Å²) in [7, 11) is -1.83. The monoisotopic (exact) mass is 468 g/mol. The Morgan fingerprint density at radius 3 is 1.84 bits per heavy atom. The third-order valence-electron chi connectivity index (χ3n) is 7.78. The fourth-order valence-corrected chi connectivity index (χ4v) is 5.87. The molecule has 0 unspecified atom stereocenters. The Balaban J connectivity index is 2.50. The molecule has 3 atom stereocenters. The van der Waals surface area contributed by atoms with Crippen LogP contribution < -0.4 is 0 Å². The second kappa shape index (κ2) is 15.5. The minimum absolute atomic E-state index is 0.0284. The Morgan fingerprint density at radius 1 is 0.844 bits per heavy atom. The Hall–Kier alpha value is -0.353. The molecule has 1 heterocycles. The van der Waals surface area contributed by atoms with E-state index >= 15 is 0 Å². The Labute approximate surface area is 201 Å². The van der Waals surface area contributed by atoms with Crippen LogP contribution in [0, 0.1) is 5.92 Å². The van der Waals surface area contributed by atoms with Crippen molar-refractivity contribution in [3.05, 3.63) is 0 Å². The SMILES string of the molecule is CCCCCCCCCCC[C@H](C[C@H]1OC(=O)[C@@H]1CCCCCC)O[Si](C)(C)C(C)(C)C. The lowest BCUT2D eigenvalue weighted by atomic mass is 9.86. The van der Waals surface area contributed by atoms with Gasteiger partial charge in [-0.25, -0.2) is 0 Å². The maximum atomic E-state index is 12.1. The van der Waals surface area contributed by atoms with Gasteiger partial charge in [0.1, 0.15) is 6.10 Å². The maximum Gasteiger partial charge on any atom is 0.313 e. The molecule has 0 aromatic carbocycles. The van der Waals surface area contributed by atoms with E-state index in [-0.39, 0.29) is 29.1 Å². The minimum Gasteiger partial charge on any atom is -0.461 e. The highest BCUT2D eigenvalue weighted by Gasteiger charge is 2.45. The molecule has 0 aromatic heterocycles. The third-order valence-corrected chi connectivity index (χ3v) is 12.3. The second-order valence-corrected chi connectivity index (χ2v) is 16.5. The van der Waals surface area contributed by atoms with Crippen LogP contribution in [-0.2, 0) is 14.0 Å². The van der Waals surface area contributed by atoms with Gasteiger partial charge in [0.05, 0.1) is 5.92 Å². The molecule has 1 fully saturated rings.